The lowest BCUT2D eigenvalue weighted by Gasteiger charge is -2.07. The van der Waals surface area contributed by atoms with Crippen molar-refractivity contribution in [1.29, 1.82) is 0 Å². The number of nitrogens with zero attached hydrogens (tertiary/aromatic N) is 1. The van der Waals surface area contributed by atoms with E-state index in [-0.39, 0.29) is 11.8 Å². The minimum atomic E-state index is -0.349. The monoisotopic (exact) mass is 393 g/mol. The van der Waals surface area contributed by atoms with Crippen molar-refractivity contribution in [3.05, 3.63) is 76.3 Å². The third kappa shape index (κ3) is 5.04. The average molecular weight is 394 g/mol. The van der Waals surface area contributed by atoms with Gasteiger partial charge in [0.25, 0.3) is 5.91 Å². The van der Waals surface area contributed by atoms with Crippen LogP contribution in [0.2, 0.25) is 0 Å². The molecular weight excluding hydrogens is 370 g/mol. The Morgan fingerprint density at radius 3 is 2.32 bits per heavy atom. The second kappa shape index (κ2) is 9.28. The molecule has 0 spiro atoms. The highest BCUT2D eigenvalue weighted by Crippen LogP contribution is 2.27. The number of aryl methyl sites for hydroxylation is 3. The summed E-state index contributed by atoms with van der Waals surface area (Å²) in [5.74, 6) is -0.573. The molecule has 0 fully saturated rings. The van der Waals surface area contributed by atoms with E-state index in [1.807, 2.05) is 42.5 Å². The van der Waals surface area contributed by atoms with Crippen LogP contribution in [0.1, 0.15) is 39.8 Å². The number of carbonyl (C=O) groups excluding carboxylic acids is 2. The lowest BCUT2D eigenvalue weighted by molar-refractivity contribution is -0.121. The number of nitrogens with one attached hydrogen (secondary N) is 2. The molecule has 1 aromatic heterocycles. The van der Waals surface area contributed by atoms with Crippen LogP contribution in [0.4, 0.5) is 0 Å². The van der Waals surface area contributed by atoms with Gasteiger partial charge in [-0.05, 0) is 30.9 Å². The molecular formula is C22H23N3O2S. The zero-order chi connectivity index (χ0) is 19.9. The minimum absolute atomic E-state index is 0.224. The first kappa shape index (κ1) is 19.8. The first-order chi connectivity index (χ1) is 13.6. The van der Waals surface area contributed by atoms with Crippen molar-refractivity contribution >= 4 is 23.2 Å². The smallest absolute Gasteiger partial charge is 0.273 e. The molecule has 0 saturated heterocycles. The van der Waals surface area contributed by atoms with E-state index in [1.54, 1.807) is 6.92 Å². The third-order valence-corrected chi connectivity index (χ3v) is 5.62. The van der Waals surface area contributed by atoms with Crippen LogP contribution in [0.3, 0.4) is 0 Å². The van der Waals surface area contributed by atoms with Crippen molar-refractivity contribution in [3.8, 4) is 10.6 Å². The summed E-state index contributed by atoms with van der Waals surface area (Å²) in [6.45, 7) is 3.90. The van der Waals surface area contributed by atoms with E-state index in [2.05, 4.69) is 34.9 Å². The van der Waals surface area contributed by atoms with Crippen molar-refractivity contribution in [2.75, 3.05) is 0 Å². The van der Waals surface area contributed by atoms with Crippen molar-refractivity contribution in [3.63, 3.8) is 0 Å². The summed E-state index contributed by atoms with van der Waals surface area (Å²) >= 11 is 1.31. The Bertz CT molecular complexity index is 950. The quantitative estimate of drug-likeness (QED) is 0.620. The zero-order valence-corrected chi connectivity index (χ0v) is 16.8. The predicted octanol–water partition coefficient (Wildman–Crippen LogP) is 4.07. The van der Waals surface area contributed by atoms with Crippen LogP contribution in [-0.4, -0.2) is 16.8 Å². The first-order valence-corrected chi connectivity index (χ1v) is 10.1. The Morgan fingerprint density at radius 1 is 0.964 bits per heavy atom. The predicted molar refractivity (Wildman–Crippen MR) is 112 cm³/mol. The van der Waals surface area contributed by atoms with Gasteiger partial charge < -0.3 is 0 Å². The Labute approximate surface area is 168 Å². The van der Waals surface area contributed by atoms with Crippen LogP contribution in [-0.2, 0) is 17.6 Å². The molecule has 0 aliphatic rings. The summed E-state index contributed by atoms with van der Waals surface area (Å²) in [4.78, 5) is 29.4. The largest absolute Gasteiger partial charge is 0.281 e. The van der Waals surface area contributed by atoms with Gasteiger partial charge in [0.1, 0.15) is 9.88 Å². The van der Waals surface area contributed by atoms with E-state index in [0.29, 0.717) is 23.4 Å². The lowest BCUT2D eigenvalue weighted by Crippen LogP contribution is -2.41. The summed E-state index contributed by atoms with van der Waals surface area (Å²) < 4.78 is 0. The maximum absolute atomic E-state index is 12.4. The maximum atomic E-state index is 12.4. The van der Waals surface area contributed by atoms with Crippen molar-refractivity contribution in [2.45, 2.75) is 33.1 Å². The first-order valence-electron chi connectivity index (χ1n) is 9.26. The molecule has 6 heteroatoms. The van der Waals surface area contributed by atoms with E-state index in [0.717, 1.165) is 22.6 Å². The second-order valence-corrected chi connectivity index (χ2v) is 7.47. The number of hydrazine groups is 1. The molecule has 144 valence electrons. The van der Waals surface area contributed by atoms with Gasteiger partial charge in [0.15, 0.2) is 0 Å². The molecule has 0 radical (unpaired) electrons. The Balaban J connectivity index is 1.52. The van der Waals surface area contributed by atoms with Gasteiger partial charge in [-0.2, -0.15) is 0 Å². The summed E-state index contributed by atoms with van der Waals surface area (Å²) in [6.07, 6.45) is 1.93. The molecule has 0 aliphatic carbocycles. The number of amides is 2. The van der Waals surface area contributed by atoms with Crippen molar-refractivity contribution < 1.29 is 9.59 Å². The van der Waals surface area contributed by atoms with Crippen LogP contribution in [0.5, 0.6) is 0 Å². The Kier molecular flexibility index (Phi) is 6.55. The Morgan fingerprint density at radius 2 is 1.64 bits per heavy atom. The molecule has 2 amide bonds. The second-order valence-electron chi connectivity index (χ2n) is 6.47. The van der Waals surface area contributed by atoms with Gasteiger partial charge in [0.2, 0.25) is 5.91 Å². The van der Waals surface area contributed by atoms with Crippen LogP contribution < -0.4 is 10.9 Å². The normalized spacial score (nSPS) is 10.5. The van der Waals surface area contributed by atoms with Gasteiger partial charge in [-0.15, -0.1) is 11.3 Å². The topological polar surface area (TPSA) is 71.1 Å². The van der Waals surface area contributed by atoms with Gasteiger partial charge in [-0.3, -0.25) is 20.4 Å². The zero-order valence-electron chi connectivity index (χ0n) is 16.0. The highest BCUT2D eigenvalue weighted by molar-refractivity contribution is 7.17. The SMILES string of the molecule is CCc1ccc(CCC(=O)NNC(=O)c2sc(-c3ccccc3)nc2C)cc1. The highest BCUT2D eigenvalue weighted by atomic mass is 32.1. The minimum Gasteiger partial charge on any atom is -0.273 e. The van der Waals surface area contributed by atoms with E-state index in [4.69, 9.17) is 0 Å². The summed E-state index contributed by atoms with van der Waals surface area (Å²) in [6, 6.07) is 17.9. The molecule has 3 rings (SSSR count). The number of rotatable bonds is 6. The maximum Gasteiger partial charge on any atom is 0.281 e. The number of carbonyl (C=O) groups is 2. The van der Waals surface area contributed by atoms with E-state index >= 15 is 0 Å². The van der Waals surface area contributed by atoms with Crippen LogP contribution in [0.25, 0.3) is 10.6 Å². The third-order valence-electron chi connectivity index (χ3n) is 4.41. The highest BCUT2D eigenvalue weighted by Gasteiger charge is 2.16. The molecule has 0 aliphatic heterocycles. The molecule has 0 saturated carbocycles. The van der Waals surface area contributed by atoms with Crippen LogP contribution >= 0.6 is 11.3 Å². The molecule has 1 heterocycles. The standard InChI is InChI=1S/C22H23N3O2S/c1-3-16-9-11-17(12-10-16)13-14-19(26)24-25-21(27)20-15(2)23-22(28-20)18-7-5-4-6-8-18/h4-12H,3,13-14H2,1-2H3,(H,24,26)(H,25,27). The fourth-order valence-electron chi connectivity index (χ4n) is 2.76. The fourth-order valence-corrected chi connectivity index (χ4v) is 3.72. The number of aromatic nitrogens is 1. The van der Waals surface area contributed by atoms with Gasteiger partial charge in [-0.1, -0.05) is 61.5 Å². The molecule has 5 nitrogen and oxygen atoms in total. The molecule has 2 aromatic carbocycles. The summed E-state index contributed by atoms with van der Waals surface area (Å²) in [5, 5.41) is 0.783. The molecule has 28 heavy (non-hydrogen) atoms. The van der Waals surface area contributed by atoms with E-state index in [9.17, 15) is 9.59 Å². The Hall–Kier alpha value is -2.99. The number of hydrogen-bond acceptors (Lipinski definition) is 4. The van der Waals surface area contributed by atoms with E-state index in [1.165, 1.54) is 16.9 Å². The number of benzene rings is 2. The van der Waals surface area contributed by atoms with Crippen LogP contribution in [0, 0.1) is 6.92 Å². The average Bonchev–Trinajstić information content (AvgIpc) is 3.13. The molecule has 0 atom stereocenters. The molecule has 3 aromatic rings. The van der Waals surface area contributed by atoms with Gasteiger partial charge in [0.05, 0.1) is 5.69 Å². The summed E-state index contributed by atoms with van der Waals surface area (Å²) in [7, 11) is 0. The van der Waals surface area contributed by atoms with Crippen molar-refractivity contribution in [1.82, 2.24) is 15.8 Å². The molecule has 0 unspecified atom stereocenters. The lowest BCUT2D eigenvalue weighted by atomic mass is 10.1. The van der Waals surface area contributed by atoms with Gasteiger partial charge in [-0.25, -0.2) is 4.98 Å². The molecule has 0 bridgehead atoms. The summed E-state index contributed by atoms with van der Waals surface area (Å²) in [5.41, 5.74) is 8.97. The van der Waals surface area contributed by atoms with Crippen molar-refractivity contribution in [2.24, 2.45) is 0 Å². The fraction of sp³-hybridized carbons (Fsp3) is 0.227. The van der Waals surface area contributed by atoms with Gasteiger partial charge >= 0.3 is 0 Å². The van der Waals surface area contributed by atoms with Gasteiger partial charge in [0, 0.05) is 12.0 Å². The molecule has 2 N–H and O–H groups in total. The van der Waals surface area contributed by atoms with E-state index < -0.39 is 0 Å². The van der Waals surface area contributed by atoms with Crippen LogP contribution in [0.15, 0.2) is 54.6 Å². The number of hydrogen-bond donors (Lipinski definition) is 2. The number of thiazole rings is 1.